The second-order valence-corrected chi connectivity index (χ2v) is 4.41. The molecule has 0 saturated heterocycles. The van der Waals surface area contributed by atoms with E-state index in [4.69, 9.17) is 5.73 Å². The molecule has 0 atom stereocenters. The summed E-state index contributed by atoms with van der Waals surface area (Å²) in [5.74, 6) is 0. The van der Waals surface area contributed by atoms with Crippen LogP contribution in [0.2, 0.25) is 0 Å². The fourth-order valence-corrected chi connectivity index (χ4v) is 2.09. The fourth-order valence-electron chi connectivity index (χ4n) is 2.09. The van der Waals surface area contributed by atoms with Crippen LogP contribution in [0.5, 0.6) is 0 Å². The molecule has 2 aromatic heterocycles. The lowest BCUT2D eigenvalue weighted by atomic mass is 10.2. The molecule has 0 aliphatic rings. The van der Waals surface area contributed by atoms with Crippen LogP contribution in [0.4, 0.5) is 0 Å². The van der Waals surface area contributed by atoms with Crippen LogP contribution in [0.15, 0.2) is 12.3 Å². The highest BCUT2D eigenvalue weighted by Crippen LogP contribution is 2.11. The van der Waals surface area contributed by atoms with Crippen molar-refractivity contribution in [3.8, 4) is 0 Å². The van der Waals surface area contributed by atoms with E-state index in [0.29, 0.717) is 6.54 Å². The first-order chi connectivity index (χ1) is 8.69. The van der Waals surface area contributed by atoms with Gasteiger partial charge in [0.1, 0.15) is 0 Å². The van der Waals surface area contributed by atoms with Gasteiger partial charge in [0, 0.05) is 24.3 Å². The molecule has 5 nitrogen and oxygen atoms in total. The van der Waals surface area contributed by atoms with Crippen LogP contribution in [-0.2, 0) is 26.1 Å². The molecule has 0 unspecified atom stereocenters. The van der Waals surface area contributed by atoms with Gasteiger partial charge in [-0.25, -0.2) is 0 Å². The Labute approximate surface area is 108 Å². The Morgan fingerprint density at radius 1 is 1.28 bits per heavy atom. The van der Waals surface area contributed by atoms with Crippen molar-refractivity contribution in [3.63, 3.8) is 0 Å². The van der Waals surface area contributed by atoms with Crippen LogP contribution in [-0.4, -0.2) is 19.6 Å². The van der Waals surface area contributed by atoms with Crippen LogP contribution in [0.3, 0.4) is 0 Å². The standard InChI is InChI=1S/C13H21N5/c1-4-12-6-13(17(5-2)16-12)9-18-10(3)11(7-14)8-15-18/h6,8H,4-5,7,9,14H2,1-3H3. The van der Waals surface area contributed by atoms with Gasteiger partial charge in [-0.15, -0.1) is 0 Å². The number of nitrogens with zero attached hydrogens (tertiary/aromatic N) is 4. The molecule has 0 aliphatic heterocycles. The molecule has 2 aromatic rings. The number of hydrogen-bond acceptors (Lipinski definition) is 3. The minimum Gasteiger partial charge on any atom is -0.326 e. The fraction of sp³-hybridized carbons (Fsp3) is 0.538. The minimum absolute atomic E-state index is 0.541. The van der Waals surface area contributed by atoms with E-state index >= 15 is 0 Å². The highest BCUT2D eigenvalue weighted by atomic mass is 15.3. The Morgan fingerprint density at radius 3 is 2.61 bits per heavy atom. The molecule has 0 bridgehead atoms. The predicted octanol–water partition coefficient (Wildman–Crippen LogP) is 1.48. The maximum Gasteiger partial charge on any atom is 0.0831 e. The van der Waals surface area contributed by atoms with Gasteiger partial charge in [-0.05, 0) is 26.3 Å². The predicted molar refractivity (Wildman–Crippen MR) is 71.2 cm³/mol. The Balaban J connectivity index is 2.27. The van der Waals surface area contributed by atoms with Gasteiger partial charge < -0.3 is 5.73 Å². The molecule has 0 fully saturated rings. The summed E-state index contributed by atoms with van der Waals surface area (Å²) >= 11 is 0. The highest BCUT2D eigenvalue weighted by molar-refractivity contribution is 5.18. The van der Waals surface area contributed by atoms with Crippen LogP contribution in [0.25, 0.3) is 0 Å². The number of rotatable bonds is 5. The van der Waals surface area contributed by atoms with Gasteiger partial charge in [0.15, 0.2) is 0 Å². The summed E-state index contributed by atoms with van der Waals surface area (Å²) in [4.78, 5) is 0. The third-order valence-electron chi connectivity index (χ3n) is 3.31. The van der Waals surface area contributed by atoms with Gasteiger partial charge in [0.2, 0.25) is 0 Å². The Bertz CT molecular complexity index is 523. The van der Waals surface area contributed by atoms with E-state index in [1.54, 1.807) is 0 Å². The topological polar surface area (TPSA) is 61.7 Å². The second-order valence-electron chi connectivity index (χ2n) is 4.41. The van der Waals surface area contributed by atoms with Crippen molar-refractivity contribution < 1.29 is 0 Å². The third-order valence-corrected chi connectivity index (χ3v) is 3.31. The average molecular weight is 247 g/mol. The number of aromatic nitrogens is 4. The first-order valence-corrected chi connectivity index (χ1v) is 6.46. The second kappa shape index (κ2) is 5.35. The largest absolute Gasteiger partial charge is 0.326 e. The molecular weight excluding hydrogens is 226 g/mol. The molecule has 0 amide bonds. The van der Waals surface area contributed by atoms with Crippen LogP contribution < -0.4 is 5.73 Å². The Morgan fingerprint density at radius 2 is 2.06 bits per heavy atom. The Kier molecular flexibility index (Phi) is 3.81. The normalized spacial score (nSPS) is 11.1. The van der Waals surface area contributed by atoms with Crippen molar-refractivity contribution in [1.29, 1.82) is 0 Å². The molecule has 2 heterocycles. The van der Waals surface area contributed by atoms with E-state index in [0.717, 1.165) is 36.5 Å². The third kappa shape index (κ3) is 2.31. The maximum absolute atomic E-state index is 5.67. The molecule has 2 rings (SSSR count). The molecule has 98 valence electrons. The summed E-state index contributed by atoms with van der Waals surface area (Å²) < 4.78 is 4.03. The van der Waals surface area contributed by atoms with Gasteiger partial charge in [0.25, 0.3) is 0 Å². The van der Waals surface area contributed by atoms with Gasteiger partial charge in [0.05, 0.1) is 24.1 Å². The van der Waals surface area contributed by atoms with Crippen LogP contribution >= 0.6 is 0 Å². The maximum atomic E-state index is 5.67. The van der Waals surface area contributed by atoms with Gasteiger partial charge in [-0.1, -0.05) is 6.92 Å². The SMILES string of the molecule is CCc1cc(Cn2ncc(CN)c2C)n(CC)n1. The van der Waals surface area contributed by atoms with Crippen LogP contribution in [0, 0.1) is 6.92 Å². The summed E-state index contributed by atoms with van der Waals surface area (Å²) in [5, 5.41) is 8.94. The first-order valence-electron chi connectivity index (χ1n) is 6.46. The van der Waals surface area contributed by atoms with Crippen molar-refractivity contribution in [2.24, 2.45) is 5.73 Å². The summed E-state index contributed by atoms with van der Waals surface area (Å²) in [5.41, 5.74) is 10.2. The number of hydrogen-bond donors (Lipinski definition) is 1. The number of nitrogens with two attached hydrogens (primary N) is 1. The molecular formula is C13H21N5. The van der Waals surface area contributed by atoms with Gasteiger partial charge in [-0.2, -0.15) is 10.2 Å². The van der Waals surface area contributed by atoms with Crippen molar-refractivity contribution in [1.82, 2.24) is 19.6 Å². The lowest BCUT2D eigenvalue weighted by Crippen LogP contribution is -2.10. The Hall–Kier alpha value is -1.62. The van der Waals surface area contributed by atoms with E-state index in [1.165, 1.54) is 5.69 Å². The van der Waals surface area contributed by atoms with Crippen molar-refractivity contribution in [2.45, 2.75) is 46.8 Å². The lowest BCUT2D eigenvalue weighted by molar-refractivity contribution is 0.567. The van der Waals surface area contributed by atoms with Crippen molar-refractivity contribution in [3.05, 3.63) is 34.9 Å². The summed E-state index contributed by atoms with van der Waals surface area (Å²) in [6, 6.07) is 2.16. The number of aryl methyl sites for hydroxylation is 2. The van der Waals surface area contributed by atoms with Crippen molar-refractivity contribution in [2.75, 3.05) is 0 Å². The molecule has 0 spiro atoms. The van der Waals surface area contributed by atoms with E-state index in [1.807, 2.05) is 15.6 Å². The molecule has 5 heteroatoms. The molecule has 18 heavy (non-hydrogen) atoms. The zero-order valence-electron chi connectivity index (χ0n) is 11.3. The molecule has 0 aromatic carbocycles. The smallest absolute Gasteiger partial charge is 0.0831 e. The van der Waals surface area contributed by atoms with E-state index < -0.39 is 0 Å². The van der Waals surface area contributed by atoms with Gasteiger partial charge in [-0.3, -0.25) is 9.36 Å². The summed E-state index contributed by atoms with van der Waals surface area (Å²) in [6.45, 7) is 8.47. The lowest BCUT2D eigenvalue weighted by Gasteiger charge is -2.07. The minimum atomic E-state index is 0.541. The van der Waals surface area contributed by atoms with E-state index in [-0.39, 0.29) is 0 Å². The molecule has 0 saturated carbocycles. The van der Waals surface area contributed by atoms with Crippen LogP contribution in [0.1, 0.15) is 36.5 Å². The van der Waals surface area contributed by atoms with Crippen molar-refractivity contribution >= 4 is 0 Å². The molecule has 0 aliphatic carbocycles. The van der Waals surface area contributed by atoms with E-state index in [2.05, 4.69) is 37.0 Å². The average Bonchev–Trinajstić information content (AvgIpc) is 2.94. The highest BCUT2D eigenvalue weighted by Gasteiger charge is 2.10. The van der Waals surface area contributed by atoms with E-state index in [9.17, 15) is 0 Å². The zero-order valence-corrected chi connectivity index (χ0v) is 11.3. The molecule has 2 N–H and O–H groups in total. The molecule has 0 radical (unpaired) electrons. The van der Waals surface area contributed by atoms with Gasteiger partial charge >= 0.3 is 0 Å². The monoisotopic (exact) mass is 247 g/mol. The summed E-state index contributed by atoms with van der Waals surface area (Å²) in [6.07, 6.45) is 2.81. The zero-order chi connectivity index (χ0) is 13.1. The summed E-state index contributed by atoms with van der Waals surface area (Å²) in [7, 11) is 0. The first kappa shape index (κ1) is 12.8. The quantitative estimate of drug-likeness (QED) is 0.870.